The fourth-order valence-corrected chi connectivity index (χ4v) is 5.51. The first-order valence-electron chi connectivity index (χ1n) is 11.7. The number of likely N-dealkylation sites (N-methyl/N-ethyl adjacent to an activating group) is 1. The van der Waals surface area contributed by atoms with Gasteiger partial charge in [0.05, 0.1) is 5.92 Å². The maximum Gasteiger partial charge on any atom is 0.227 e. The van der Waals surface area contributed by atoms with E-state index in [1.165, 1.54) is 6.07 Å². The molecule has 0 aliphatic carbocycles. The predicted molar refractivity (Wildman–Crippen MR) is 125 cm³/mol. The molecule has 4 heterocycles. The molecule has 7 nitrogen and oxygen atoms in total. The van der Waals surface area contributed by atoms with Gasteiger partial charge in [-0.05, 0) is 43.7 Å². The predicted octanol–water partition coefficient (Wildman–Crippen LogP) is 2.75. The van der Waals surface area contributed by atoms with E-state index in [9.17, 15) is 4.79 Å². The van der Waals surface area contributed by atoms with E-state index in [0.29, 0.717) is 18.2 Å². The van der Waals surface area contributed by atoms with Gasteiger partial charge in [-0.25, -0.2) is 9.37 Å². The van der Waals surface area contributed by atoms with Crippen molar-refractivity contribution in [3.63, 3.8) is 0 Å². The topological polar surface area (TPSA) is 83.7 Å². The highest BCUT2D eigenvalue weighted by molar-refractivity contribution is 5.80. The van der Waals surface area contributed by atoms with Gasteiger partial charge in [0.2, 0.25) is 5.91 Å². The minimum atomic E-state index is -0.452. The Kier molecular flexibility index (Phi) is 5.53. The molecule has 1 unspecified atom stereocenters. The van der Waals surface area contributed by atoms with E-state index in [2.05, 4.69) is 36.1 Å². The molecule has 33 heavy (non-hydrogen) atoms. The third-order valence-corrected chi connectivity index (χ3v) is 7.42. The number of aromatic nitrogens is 1. The zero-order chi connectivity index (χ0) is 23.3. The van der Waals surface area contributed by atoms with Crippen LogP contribution in [0.15, 0.2) is 30.5 Å². The van der Waals surface area contributed by atoms with Gasteiger partial charge in [0.15, 0.2) is 11.6 Å². The lowest BCUT2D eigenvalue weighted by atomic mass is 9.87. The summed E-state index contributed by atoms with van der Waals surface area (Å²) in [6.07, 6.45) is 3.11. The lowest BCUT2D eigenvalue weighted by molar-refractivity contribution is -0.137. The number of carbonyl (C=O) groups excluding carboxylic acids is 1. The number of nitrogens with zero attached hydrogens (tertiary/aromatic N) is 3. The van der Waals surface area contributed by atoms with Gasteiger partial charge < -0.3 is 20.7 Å². The highest BCUT2D eigenvalue weighted by Crippen LogP contribution is 2.42. The Balaban J connectivity index is 1.30. The van der Waals surface area contributed by atoms with Crippen LogP contribution < -0.4 is 15.8 Å². The molecule has 3 N–H and O–H groups in total. The van der Waals surface area contributed by atoms with Crippen LogP contribution in [0.25, 0.3) is 0 Å². The number of halogens is 1. The molecule has 3 aliphatic rings. The lowest BCUT2D eigenvalue weighted by Crippen LogP contribution is -2.50. The second-order valence-electron chi connectivity index (χ2n) is 10.2. The Morgan fingerprint density at radius 2 is 2.12 bits per heavy atom. The normalized spacial score (nSPS) is 24.0. The van der Waals surface area contributed by atoms with E-state index < -0.39 is 5.82 Å². The molecule has 176 valence electrons. The monoisotopic (exact) mass is 453 g/mol. The molecular formula is C25H32FN5O2. The largest absolute Gasteiger partial charge is 0.454 e. The number of hydrogen-bond donors (Lipinski definition) is 2. The van der Waals surface area contributed by atoms with Crippen molar-refractivity contribution in [1.82, 2.24) is 14.8 Å². The molecule has 8 heteroatoms. The van der Waals surface area contributed by atoms with E-state index in [-0.39, 0.29) is 35.6 Å². The van der Waals surface area contributed by atoms with Gasteiger partial charge in [0, 0.05) is 55.4 Å². The van der Waals surface area contributed by atoms with Gasteiger partial charge in [0.1, 0.15) is 11.6 Å². The first-order valence-corrected chi connectivity index (χ1v) is 11.7. The number of carbonyl (C=O) groups is 1. The number of nitrogens with two attached hydrogens (primary N) is 1. The van der Waals surface area contributed by atoms with Crippen molar-refractivity contribution in [1.29, 1.82) is 0 Å². The van der Waals surface area contributed by atoms with Crippen molar-refractivity contribution >= 4 is 11.7 Å². The molecular weight excluding hydrogens is 421 g/mol. The SMILES string of the molecule is CN1C[C@@H]2C[C@H]1CN2C(=O)C(CN)Cc1ccc(Oc2ccnc3c2C(C)(C)CN3)c(F)c1. The summed E-state index contributed by atoms with van der Waals surface area (Å²) in [6, 6.07) is 7.40. The second-order valence-corrected chi connectivity index (χ2v) is 10.2. The maximum absolute atomic E-state index is 15.0. The van der Waals surface area contributed by atoms with Crippen LogP contribution in [0.3, 0.4) is 0 Å². The summed E-state index contributed by atoms with van der Waals surface area (Å²) in [5.74, 6) is 0.820. The quantitative estimate of drug-likeness (QED) is 0.700. The zero-order valence-corrected chi connectivity index (χ0v) is 19.5. The van der Waals surface area contributed by atoms with Crippen LogP contribution in [0.1, 0.15) is 31.4 Å². The number of piperazine rings is 1. The van der Waals surface area contributed by atoms with E-state index in [0.717, 1.165) is 43.0 Å². The van der Waals surface area contributed by atoms with Crippen LogP contribution in [0.2, 0.25) is 0 Å². The van der Waals surface area contributed by atoms with Crippen molar-refractivity contribution in [2.75, 3.05) is 38.5 Å². The Morgan fingerprint density at radius 3 is 2.79 bits per heavy atom. The number of likely N-dealkylation sites (tertiary alicyclic amines) is 2. The van der Waals surface area contributed by atoms with Crippen LogP contribution in [-0.2, 0) is 16.6 Å². The van der Waals surface area contributed by atoms with Gasteiger partial charge in [-0.15, -0.1) is 0 Å². The number of amides is 1. The molecule has 1 amide bonds. The third-order valence-electron chi connectivity index (χ3n) is 7.42. The van der Waals surface area contributed by atoms with E-state index in [1.807, 2.05) is 11.0 Å². The standard InChI is InChI=1S/C25H32FN5O2/c1-25(2)14-29-23-22(25)21(6-7-28-23)33-20-5-4-15(9-19(20)26)8-16(11-27)24(32)31-13-17-10-18(31)12-30(17)3/h4-7,9,16-18H,8,10-14,27H2,1-3H3,(H,28,29)/t16?,17-,18-/m0/s1. The summed E-state index contributed by atoms with van der Waals surface area (Å²) >= 11 is 0. The minimum absolute atomic E-state index is 0.0842. The van der Waals surface area contributed by atoms with Crippen molar-refractivity contribution in [3.8, 4) is 11.5 Å². The number of anilines is 1. The van der Waals surface area contributed by atoms with Crippen molar-refractivity contribution in [2.24, 2.45) is 11.7 Å². The summed E-state index contributed by atoms with van der Waals surface area (Å²) in [5, 5.41) is 3.28. The minimum Gasteiger partial charge on any atom is -0.454 e. The van der Waals surface area contributed by atoms with Crippen molar-refractivity contribution in [3.05, 3.63) is 47.4 Å². The summed E-state index contributed by atoms with van der Waals surface area (Å²) in [5.41, 5.74) is 7.51. The first-order chi connectivity index (χ1) is 15.8. The number of benzene rings is 1. The average Bonchev–Trinajstić information content (AvgIpc) is 3.46. The molecule has 2 aromatic rings. The fourth-order valence-electron chi connectivity index (χ4n) is 5.51. The highest BCUT2D eigenvalue weighted by atomic mass is 19.1. The Hall–Kier alpha value is -2.71. The van der Waals surface area contributed by atoms with E-state index >= 15 is 4.39 Å². The summed E-state index contributed by atoms with van der Waals surface area (Å²) in [7, 11) is 2.11. The summed E-state index contributed by atoms with van der Waals surface area (Å²) in [6.45, 7) is 6.88. The molecule has 1 aromatic heterocycles. The number of hydrogen-bond acceptors (Lipinski definition) is 6. The molecule has 2 bridgehead atoms. The van der Waals surface area contributed by atoms with Gasteiger partial charge in [-0.2, -0.15) is 0 Å². The van der Waals surface area contributed by atoms with Gasteiger partial charge in [-0.3, -0.25) is 9.69 Å². The second kappa shape index (κ2) is 8.25. The van der Waals surface area contributed by atoms with Crippen LogP contribution in [-0.4, -0.2) is 66.0 Å². The lowest BCUT2D eigenvalue weighted by Gasteiger charge is -2.34. The van der Waals surface area contributed by atoms with Gasteiger partial charge in [-0.1, -0.05) is 19.9 Å². The fraction of sp³-hybridized carbons (Fsp3) is 0.520. The summed E-state index contributed by atoms with van der Waals surface area (Å²) in [4.78, 5) is 21.8. The van der Waals surface area contributed by atoms with Crippen molar-refractivity contribution in [2.45, 2.75) is 44.2 Å². The highest BCUT2D eigenvalue weighted by Gasteiger charge is 2.44. The number of fused-ring (bicyclic) bond motifs is 3. The Labute approximate surface area is 194 Å². The molecule has 3 atom stereocenters. The molecule has 2 saturated heterocycles. The number of nitrogens with one attached hydrogen (secondary N) is 1. The van der Waals surface area contributed by atoms with Gasteiger partial charge >= 0.3 is 0 Å². The number of pyridine rings is 1. The van der Waals surface area contributed by atoms with Crippen LogP contribution in [0.4, 0.5) is 10.2 Å². The molecule has 3 aliphatic heterocycles. The van der Waals surface area contributed by atoms with Gasteiger partial charge in [0.25, 0.3) is 0 Å². The van der Waals surface area contributed by atoms with E-state index in [1.54, 1.807) is 18.3 Å². The first kappa shape index (κ1) is 22.1. The number of rotatable bonds is 6. The molecule has 5 rings (SSSR count). The molecule has 0 saturated carbocycles. The summed E-state index contributed by atoms with van der Waals surface area (Å²) < 4.78 is 21.0. The van der Waals surface area contributed by atoms with Crippen LogP contribution in [0.5, 0.6) is 11.5 Å². The molecule has 1 aromatic carbocycles. The van der Waals surface area contributed by atoms with Crippen LogP contribution in [0, 0.1) is 11.7 Å². The zero-order valence-electron chi connectivity index (χ0n) is 19.5. The maximum atomic E-state index is 15.0. The van der Waals surface area contributed by atoms with Crippen molar-refractivity contribution < 1.29 is 13.9 Å². The Bertz CT molecular complexity index is 1070. The molecule has 0 radical (unpaired) electrons. The number of ether oxygens (including phenoxy) is 1. The molecule has 2 fully saturated rings. The molecule has 0 spiro atoms. The average molecular weight is 454 g/mol. The van der Waals surface area contributed by atoms with E-state index in [4.69, 9.17) is 10.5 Å². The smallest absolute Gasteiger partial charge is 0.227 e. The third kappa shape index (κ3) is 3.95. The Morgan fingerprint density at radius 1 is 1.30 bits per heavy atom. The van der Waals surface area contributed by atoms with Crippen LogP contribution >= 0.6 is 0 Å².